The van der Waals surface area contributed by atoms with Gasteiger partial charge in [-0.05, 0) is 18.2 Å². The van der Waals surface area contributed by atoms with Crippen molar-refractivity contribution >= 4 is 17.0 Å². The Morgan fingerprint density at radius 3 is 2.78 bits per heavy atom. The number of hydrogen-bond acceptors (Lipinski definition) is 6. The molecule has 0 saturated carbocycles. The molecule has 0 bridgehead atoms. The third-order valence-electron chi connectivity index (χ3n) is 3.43. The van der Waals surface area contributed by atoms with Crippen LogP contribution in [0.1, 0.15) is 5.56 Å². The van der Waals surface area contributed by atoms with Gasteiger partial charge in [0.1, 0.15) is 5.82 Å². The molecule has 0 aliphatic heterocycles. The van der Waals surface area contributed by atoms with Crippen molar-refractivity contribution in [1.82, 2.24) is 25.0 Å². The summed E-state index contributed by atoms with van der Waals surface area (Å²) >= 11 is 0. The Morgan fingerprint density at radius 2 is 2.00 bits per heavy atom. The van der Waals surface area contributed by atoms with E-state index in [0.29, 0.717) is 16.9 Å². The fraction of sp³-hybridized carbons (Fsp3) is 0.0667. The Kier molecular flexibility index (Phi) is 3.00. The number of nitrogens with two attached hydrogens (primary N) is 1. The normalized spacial score (nSPS) is 11.2. The second-order valence-electron chi connectivity index (χ2n) is 4.92. The molecule has 0 aliphatic carbocycles. The summed E-state index contributed by atoms with van der Waals surface area (Å²) in [7, 11) is 0. The lowest BCUT2D eigenvalue weighted by Crippen LogP contribution is -2.04. The summed E-state index contributed by atoms with van der Waals surface area (Å²) in [5, 5.41) is 12.7. The standard InChI is InChI=1S/C15H11FN6O/c16-11-6-2-1-4-9(11)8-22-13-10(5-3-7-18-13)12(21-22)14-19-20-15(17)23-14/h1-7H,8H2,(H2,17,20). The van der Waals surface area contributed by atoms with Gasteiger partial charge in [-0.1, -0.05) is 23.3 Å². The first-order chi connectivity index (χ1) is 11.2. The molecule has 0 atom stereocenters. The van der Waals surface area contributed by atoms with Gasteiger partial charge in [0, 0.05) is 11.8 Å². The number of nitrogens with zero attached hydrogens (tertiary/aromatic N) is 5. The lowest BCUT2D eigenvalue weighted by molar-refractivity contribution is 0.577. The molecular weight excluding hydrogens is 299 g/mol. The van der Waals surface area contributed by atoms with E-state index in [9.17, 15) is 4.39 Å². The van der Waals surface area contributed by atoms with E-state index in [0.717, 1.165) is 5.39 Å². The molecule has 4 aromatic rings. The van der Waals surface area contributed by atoms with Gasteiger partial charge < -0.3 is 10.2 Å². The van der Waals surface area contributed by atoms with E-state index < -0.39 is 0 Å². The number of aromatic nitrogens is 5. The average Bonchev–Trinajstić information content (AvgIpc) is 3.14. The number of pyridine rings is 1. The second-order valence-corrected chi connectivity index (χ2v) is 4.92. The first-order valence-corrected chi connectivity index (χ1v) is 6.86. The molecule has 2 N–H and O–H groups in total. The average molecular weight is 310 g/mol. The highest BCUT2D eigenvalue weighted by atomic mass is 19.1. The maximum Gasteiger partial charge on any atom is 0.313 e. The fourth-order valence-corrected chi connectivity index (χ4v) is 2.40. The molecular formula is C15H11FN6O. The number of benzene rings is 1. The van der Waals surface area contributed by atoms with Crippen LogP contribution in [0.2, 0.25) is 0 Å². The molecule has 3 aromatic heterocycles. The van der Waals surface area contributed by atoms with Gasteiger partial charge in [-0.2, -0.15) is 5.10 Å². The third-order valence-corrected chi connectivity index (χ3v) is 3.43. The first-order valence-electron chi connectivity index (χ1n) is 6.86. The van der Waals surface area contributed by atoms with Crippen LogP contribution in [-0.4, -0.2) is 25.0 Å². The molecule has 0 fully saturated rings. The van der Waals surface area contributed by atoms with Gasteiger partial charge in [0.2, 0.25) is 0 Å². The summed E-state index contributed by atoms with van der Waals surface area (Å²) in [6, 6.07) is 10.1. The van der Waals surface area contributed by atoms with Crippen molar-refractivity contribution in [3.8, 4) is 11.6 Å². The molecule has 114 valence electrons. The molecule has 23 heavy (non-hydrogen) atoms. The predicted molar refractivity (Wildman–Crippen MR) is 80.7 cm³/mol. The van der Waals surface area contributed by atoms with Crippen LogP contribution >= 0.6 is 0 Å². The molecule has 4 rings (SSSR count). The van der Waals surface area contributed by atoms with Gasteiger partial charge >= 0.3 is 6.01 Å². The van der Waals surface area contributed by atoms with Crippen LogP contribution in [0.15, 0.2) is 47.0 Å². The highest BCUT2D eigenvalue weighted by Crippen LogP contribution is 2.26. The minimum atomic E-state index is -0.296. The van der Waals surface area contributed by atoms with Crippen LogP contribution < -0.4 is 5.73 Å². The Balaban J connectivity index is 1.86. The number of nitrogen functional groups attached to an aromatic ring is 1. The molecule has 0 spiro atoms. The van der Waals surface area contributed by atoms with E-state index in [1.54, 1.807) is 35.1 Å². The zero-order valence-corrected chi connectivity index (χ0v) is 11.8. The molecule has 0 amide bonds. The van der Waals surface area contributed by atoms with E-state index in [1.165, 1.54) is 6.07 Å². The van der Waals surface area contributed by atoms with Crippen LogP contribution in [0.4, 0.5) is 10.4 Å². The van der Waals surface area contributed by atoms with Gasteiger partial charge in [0.05, 0.1) is 11.9 Å². The topological polar surface area (TPSA) is 95.7 Å². The van der Waals surface area contributed by atoms with E-state index in [4.69, 9.17) is 10.2 Å². The molecule has 8 heteroatoms. The Morgan fingerprint density at radius 1 is 1.13 bits per heavy atom. The van der Waals surface area contributed by atoms with Crippen molar-refractivity contribution in [2.24, 2.45) is 0 Å². The van der Waals surface area contributed by atoms with Crippen LogP contribution in [0.3, 0.4) is 0 Å². The quantitative estimate of drug-likeness (QED) is 0.623. The maximum atomic E-state index is 13.9. The molecule has 0 unspecified atom stereocenters. The van der Waals surface area contributed by atoms with Gasteiger partial charge in [-0.3, -0.25) is 0 Å². The van der Waals surface area contributed by atoms with Crippen LogP contribution in [0.5, 0.6) is 0 Å². The van der Waals surface area contributed by atoms with Crippen molar-refractivity contribution in [2.45, 2.75) is 6.54 Å². The molecule has 0 saturated heterocycles. The number of rotatable bonds is 3. The Labute approximate surface area is 129 Å². The maximum absolute atomic E-state index is 13.9. The van der Waals surface area contributed by atoms with Crippen molar-refractivity contribution < 1.29 is 8.81 Å². The van der Waals surface area contributed by atoms with Gasteiger partial charge in [-0.25, -0.2) is 14.1 Å². The molecule has 0 radical (unpaired) electrons. The summed E-state index contributed by atoms with van der Waals surface area (Å²) in [4.78, 5) is 4.32. The van der Waals surface area contributed by atoms with Crippen molar-refractivity contribution in [2.75, 3.05) is 5.73 Å². The number of fused-ring (bicyclic) bond motifs is 1. The summed E-state index contributed by atoms with van der Waals surface area (Å²) in [5.74, 6) is -0.0940. The Hall–Kier alpha value is -3.29. The van der Waals surface area contributed by atoms with E-state index in [-0.39, 0.29) is 24.3 Å². The lowest BCUT2D eigenvalue weighted by atomic mass is 10.2. The minimum Gasteiger partial charge on any atom is -0.402 e. The van der Waals surface area contributed by atoms with Gasteiger partial charge in [0.15, 0.2) is 11.3 Å². The van der Waals surface area contributed by atoms with E-state index in [2.05, 4.69) is 20.3 Å². The molecule has 3 heterocycles. The number of anilines is 1. The van der Waals surface area contributed by atoms with E-state index >= 15 is 0 Å². The number of hydrogen-bond donors (Lipinski definition) is 1. The second kappa shape index (κ2) is 5.16. The lowest BCUT2D eigenvalue weighted by Gasteiger charge is -2.04. The summed E-state index contributed by atoms with van der Waals surface area (Å²) < 4.78 is 20.7. The fourth-order valence-electron chi connectivity index (χ4n) is 2.40. The van der Waals surface area contributed by atoms with Crippen LogP contribution in [0, 0.1) is 5.82 Å². The monoisotopic (exact) mass is 310 g/mol. The number of halogens is 1. The highest BCUT2D eigenvalue weighted by molar-refractivity contribution is 5.88. The largest absolute Gasteiger partial charge is 0.402 e. The summed E-state index contributed by atoms with van der Waals surface area (Å²) in [5.41, 5.74) is 7.05. The SMILES string of the molecule is Nc1nnc(-c2nn(Cc3ccccc3F)c3ncccc23)o1. The van der Waals surface area contributed by atoms with Gasteiger partial charge in [0.25, 0.3) is 5.89 Å². The van der Waals surface area contributed by atoms with Crippen molar-refractivity contribution in [3.63, 3.8) is 0 Å². The van der Waals surface area contributed by atoms with Gasteiger partial charge in [-0.15, -0.1) is 5.10 Å². The molecule has 1 aromatic carbocycles. The third kappa shape index (κ3) is 2.30. The minimum absolute atomic E-state index is 0.0410. The van der Waals surface area contributed by atoms with Crippen LogP contribution in [-0.2, 0) is 6.54 Å². The highest BCUT2D eigenvalue weighted by Gasteiger charge is 2.18. The first kappa shape index (κ1) is 13.4. The van der Waals surface area contributed by atoms with Crippen molar-refractivity contribution in [3.05, 3.63) is 54.0 Å². The zero-order valence-electron chi connectivity index (χ0n) is 11.8. The van der Waals surface area contributed by atoms with E-state index in [1.807, 2.05) is 6.07 Å². The Bertz CT molecular complexity index is 992. The zero-order chi connectivity index (χ0) is 15.8. The van der Waals surface area contributed by atoms with Crippen LogP contribution in [0.25, 0.3) is 22.6 Å². The smallest absolute Gasteiger partial charge is 0.313 e. The summed E-state index contributed by atoms with van der Waals surface area (Å²) in [6.07, 6.45) is 1.65. The predicted octanol–water partition coefficient (Wildman–Crippen LogP) is 2.25. The molecule has 7 nitrogen and oxygen atoms in total. The summed E-state index contributed by atoms with van der Waals surface area (Å²) in [6.45, 7) is 0.240. The van der Waals surface area contributed by atoms with Crippen molar-refractivity contribution in [1.29, 1.82) is 0 Å². The molecule has 0 aliphatic rings.